The van der Waals surface area contributed by atoms with Gasteiger partial charge in [-0.15, -0.1) is 11.3 Å². The monoisotopic (exact) mass is 391 g/mol. The quantitative estimate of drug-likeness (QED) is 0.703. The first-order valence-electron chi connectivity index (χ1n) is 8.18. The number of halogens is 1. The molecule has 0 spiro atoms. The Morgan fingerprint density at radius 2 is 2.08 bits per heavy atom. The number of amides is 1. The van der Waals surface area contributed by atoms with Crippen LogP contribution in [0, 0.1) is 0 Å². The fourth-order valence-electron chi connectivity index (χ4n) is 2.55. The van der Waals surface area contributed by atoms with Gasteiger partial charge in [-0.3, -0.25) is 4.79 Å². The van der Waals surface area contributed by atoms with Crippen LogP contribution in [-0.4, -0.2) is 36.5 Å². The molecule has 0 N–H and O–H groups in total. The number of ether oxygens (including phenoxy) is 2. The Balaban J connectivity index is 1.56. The van der Waals surface area contributed by atoms with Crippen molar-refractivity contribution in [1.29, 1.82) is 0 Å². The number of likely N-dealkylation sites (N-methyl/N-ethyl adjacent to an activating group) is 1. The highest BCUT2D eigenvalue weighted by Gasteiger charge is 2.21. The molecule has 0 fully saturated rings. The molecule has 0 atom stereocenters. The van der Waals surface area contributed by atoms with Gasteiger partial charge in [-0.1, -0.05) is 29.8 Å². The molecule has 0 aliphatic carbocycles. The van der Waals surface area contributed by atoms with Crippen LogP contribution < -0.4 is 4.74 Å². The topological polar surface area (TPSA) is 55.8 Å². The number of benzene rings is 1. The van der Waals surface area contributed by atoms with Crippen molar-refractivity contribution in [2.75, 3.05) is 19.8 Å². The van der Waals surface area contributed by atoms with E-state index >= 15 is 0 Å². The van der Waals surface area contributed by atoms with E-state index in [-0.39, 0.29) is 19.1 Å². The SMILES string of the molecule is CCN(Cc1ccc(Cl)s1)C(=O)COC(=O)C1=Cc2ccccc2OC1. The summed E-state index contributed by atoms with van der Waals surface area (Å²) in [4.78, 5) is 27.2. The first-order valence-corrected chi connectivity index (χ1v) is 9.37. The Morgan fingerprint density at radius 1 is 1.27 bits per heavy atom. The number of nitrogens with zero attached hydrogens (tertiary/aromatic N) is 1. The molecule has 3 rings (SSSR count). The minimum Gasteiger partial charge on any atom is -0.488 e. The van der Waals surface area contributed by atoms with Crippen molar-refractivity contribution in [1.82, 2.24) is 4.90 Å². The van der Waals surface area contributed by atoms with Gasteiger partial charge in [0.15, 0.2) is 6.61 Å². The van der Waals surface area contributed by atoms with E-state index in [9.17, 15) is 9.59 Å². The molecule has 1 amide bonds. The molecular weight excluding hydrogens is 374 g/mol. The van der Waals surface area contributed by atoms with Gasteiger partial charge in [-0.2, -0.15) is 0 Å². The van der Waals surface area contributed by atoms with Gasteiger partial charge in [0.25, 0.3) is 5.91 Å². The molecule has 0 radical (unpaired) electrons. The van der Waals surface area contributed by atoms with Gasteiger partial charge < -0.3 is 14.4 Å². The summed E-state index contributed by atoms with van der Waals surface area (Å²) in [6.45, 7) is 2.68. The van der Waals surface area contributed by atoms with Crippen molar-refractivity contribution < 1.29 is 19.1 Å². The Hall–Kier alpha value is -2.31. The van der Waals surface area contributed by atoms with Crippen molar-refractivity contribution in [3.63, 3.8) is 0 Å². The average molecular weight is 392 g/mol. The highest BCUT2D eigenvalue weighted by atomic mass is 35.5. The molecule has 5 nitrogen and oxygen atoms in total. The molecule has 136 valence electrons. The van der Waals surface area contributed by atoms with E-state index in [4.69, 9.17) is 21.1 Å². The third-order valence-electron chi connectivity index (χ3n) is 3.93. The molecule has 2 heterocycles. The molecule has 26 heavy (non-hydrogen) atoms. The van der Waals surface area contributed by atoms with Gasteiger partial charge in [-0.05, 0) is 31.2 Å². The number of hydrogen-bond acceptors (Lipinski definition) is 5. The summed E-state index contributed by atoms with van der Waals surface area (Å²) in [7, 11) is 0. The van der Waals surface area contributed by atoms with E-state index in [0.29, 0.717) is 23.0 Å². The average Bonchev–Trinajstić information content (AvgIpc) is 3.08. The van der Waals surface area contributed by atoms with Gasteiger partial charge in [-0.25, -0.2) is 4.79 Å². The van der Waals surface area contributed by atoms with E-state index in [1.54, 1.807) is 17.0 Å². The maximum atomic E-state index is 12.3. The number of carbonyl (C=O) groups is 2. The zero-order valence-corrected chi connectivity index (χ0v) is 15.8. The van der Waals surface area contributed by atoms with Crippen LogP contribution in [0.2, 0.25) is 4.34 Å². The van der Waals surface area contributed by atoms with Gasteiger partial charge in [0.1, 0.15) is 12.4 Å². The van der Waals surface area contributed by atoms with Crippen LogP contribution in [0.4, 0.5) is 0 Å². The summed E-state index contributed by atoms with van der Waals surface area (Å²) in [6, 6.07) is 11.1. The highest BCUT2D eigenvalue weighted by molar-refractivity contribution is 7.16. The lowest BCUT2D eigenvalue weighted by Crippen LogP contribution is -2.34. The minimum atomic E-state index is -0.539. The molecule has 1 aliphatic rings. The lowest BCUT2D eigenvalue weighted by molar-refractivity contribution is -0.149. The number of thiophene rings is 1. The molecule has 0 saturated carbocycles. The molecule has 0 unspecified atom stereocenters. The van der Waals surface area contributed by atoms with Crippen molar-refractivity contribution >= 4 is 40.9 Å². The highest BCUT2D eigenvalue weighted by Crippen LogP contribution is 2.26. The summed E-state index contributed by atoms with van der Waals surface area (Å²) in [6.07, 6.45) is 1.73. The molecule has 0 saturated heterocycles. The van der Waals surface area contributed by atoms with Crippen molar-refractivity contribution in [2.24, 2.45) is 0 Å². The van der Waals surface area contributed by atoms with Crippen molar-refractivity contribution in [3.05, 3.63) is 56.7 Å². The zero-order chi connectivity index (χ0) is 18.5. The fourth-order valence-corrected chi connectivity index (χ4v) is 3.65. The van der Waals surface area contributed by atoms with Gasteiger partial charge in [0.2, 0.25) is 0 Å². The normalized spacial score (nSPS) is 12.6. The van der Waals surface area contributed by atoms with Gasteiger partial charge in [0, 0.05) is 17.0 Å². The van der Waals surface area contributed by atoms with Crippen LogP contribution in [0.15, 0.2) is 42.0 Å². The molecule has 0 bridgehead atoms. The summed E-state index contributed by atoms with van der Waals surface area (Å²) < 4.78 is 11.4. The van der Waals surface area contributed by atoms with Crippen LogP contribution in [-0.2, 0) is 20.9 Å². The number of hydrogen-bond donors (Lipinski definition) is 0. The molecular formula is C19H18ClNO4S. The predicted octanol–water partition coefficient (Wildman–Crippen LogP) is 3.77. The molecule has 7 heteroatoms. The standard InChI is InChI=1S/C19H18ClNO4S/c1-2-21(10-15-7-8-17(20)26-15)18(22)12-25-19(23)14-9-13-5-3-4-6-16(13)24-11-14/h3-9H,2,10-12H2,1H3. The smallest absolute Gasteiger partial charge is 0.338 e. The third kappa shape index (κ3) is 4.45. The number of rotatable bonds is 6. The predicted molar refractivity (Wildman–Crippen MR) is 101 cm³/mol. The summed E-state index contributed by atoms with van der Waals surface area (Å²) in [5.41, 5.74) is 1.21. The van der Waals surface area contributed by atoms with E-state index in [2.05, 4.69) is 0 Å². The largest absolute Gasteiger partial charge is 0.488 e. The Morgan fingerprint density at radius 3 is 2.81 bits per heavy atom. The second-order valence-corrected chi connectivity index (χ2v) is 7.49. The minimum absolute atomic E-state index is 0.134. The van der Waals surface area contributed by atoms with Crippen LogP contribution in [0.3, 0.4) is 0 Å². The van der Waals surface area contributed by atoms with Gasteiger partial charge in [0.05, 0.1) is 16.5 Å². The van der Waals surface area contributed by atoms with Crippen molar-refractivity contribution in [3.8, 4) is 5.75 Å². The van der Waals surface area contributed by atoms with E-state index in [0.717, 1.165) is 16.2 Å². The maximum absolute atomic E-state index is 12.3. The van der Waals surface area contributed by atoms with Gasteiger partial charge >= 0.3 is 5.97 Å². The van der Waals surface area contributed by atoms with Crippen LogP contribution in [0.25, 0.3) is 6.08 Å². The molecule has 1 aliphatic heterocycles. The molecule has 2 aromatic rings. The van der Waals surface area contributed by atoms with E-state index in [1.807, 2.05) is 37.3 Å². The van der Waals surface area contributed by atoms with Crippen LogP contribution >= 0.6 is 22.9 Å². The zero-order valence-electron chi connectivity index (χ0n) is 14.2. The van der Waals surface area contributed by atoms with E-state index < -0.39 is 5.97 Å². The summed E-state index contributed by atoms with van der Waals surface area (Å²) >= 11 is 7.35. The Labute approximate surface area is 160 Å². The second kappa shape index (κ2) is 8.38. The number of para-hydroxylation sites is 1. The number of fused-ring (bicyclic) bond motifs is 1. The van der Waals surface area contributed by atoms with Crippen molar-refractivity contribution in [2.45, 2.75) is 13.5 Å². The fraction of sp³-hybridized carbons (Fsp3) is 0.263. The molecule has 1 aromatic heterocycles. The Kier molecular flexibility index (Phi) is 5.96. The maximum Gasteiger partial charge on any atom is 0.338 e. The Bertz CT molecular complexity index is 846. The lowest BCUT2D eigenvalue weighted by Gasteiger charge is -2.21. The first kappa shape index (κ1) is 18.5. The lowest BCUT2D eigenvalue weighted by atomic mass is 10.1. The van der Waals surface area contributed by atoms with Crippen LogP contribution in [0.1, 0.15) is 17.4 Å². The van der Waals surface area contributed by atoms with Crippen LogP contribution in [0.5, 0.6) is 5.75 Å². The van der Waals surface area contributed by atoms with E-state index in [1.165, 1.54) is 11.3 Å². The molecule has 1 aromatic carbocycles. The number of carbonyl (C=O) groups excluding carboxylic acids is 2. The third-order valence-corrected chi connectivity index (χ3v) is 5.15. The second-order valence-electron chi connectivity index (χ2n) is 5.69. The summed E-state index contributed by atoms with van der Waals surface area (Å²) in [5.74, 6) is -0.0573. The first-order chi connectivity index (χ1) is 12.6. The number of esters is 1. The summed E-state index contributed by atoms with van der Waals surface area (Å²) in [5, 5.41) is 0.